The van der Waals surface area contributed by atoms with Crippen LogP contribution in [0.15, 0.2) is 42.7 Å². The van der Waals surface area contributed by atoms with Gasteiger partial charge in [0.25, 0.3) is 0 Å². The number of rotatable bonds is 0. The second-order valence-electron chi connectivity index (χ2n) is 3.39. The lowest BCUT2D eigenvalue weighted by atomic mass is 10.1. The van der Waals surface area contributed by atoms with Gasteiger partial charge in [0.2, 0.25) is 0 Å². The second kappa shape index (κ2) is 3.17. The molecule has 2 aromatic heterocycles. The zero-order valence-electron chi connectivity index (χ0n) is 7.81. The molecule has 0 aliphatic rings. The SMILES string of the molecule is Clc1cnc2cc3cccnc3cc2c1. The Morgan fingerprint density at radius 1 is 0.933 bits per heavy atom. The van der Waals surface area contributed by atoms with Crippen molar-refractivity contribution in [3.05, 3.63) is 47.7 Å². The van der Waals surface area contributed by atoms with Crippen LogP contribution in [0.5, 0.6) is 0 Å². The lowest BCUT2D eigenvalue weighted by Crippen LogP contribution is -1.82. The molecule has 15 heavy (non-hydrogen) atoms. The fourth-order valence-corrected chi connectivity index (χ4v) is 1.84. The van der Waals surface area contributed by atoms with E-state index < -0.39 is 0 Å². The van der Waals surface area contributed by atoms with Gasteiger partial charge in [-0.2, -0.15) is 0 Å². The Morgan fingerprint density at radius 3 is 2.67 bits per heavy atom. The highest BCUT2D eigenvalue weighted by molar-refractivity contribution is 6.31. The Labute approximate surface area is 91.5 Å². The maximum Gasteiger partial charge on any atom is 0.0710 e. The molecular weight excluding hydrogens is 208 g/mol. The molecule has 0 aliphatic heterocycles. The predicted octanol–water partition coefficient (Wildman–Crippen LogP) is 3.44. The molecule has 1 aromatic carbocycles. The Kier molecular flexibility index (Phi) is 1.82. The summed E-state index contributed by atoms with van der Waals surface area (Å²) in [5.74, 6) is 0. The molecule has 0 unspecified atom stereocenters. The van der Waals surface area contributed by atoms with Crippen molar-refractivity contribution in [2.75, 3.05) is 0 Å². The van der Waals surface area contributed by atoms with Crippen LogP contribution < -0.4 is 0 Å². The minimum Gasteiger partial charge on any atom is -0.256 e. The van der Waals surface area contributed by atoms with Gasteiger partial charge in [0.05, 0.1) is 16.1 Å². The number of aromatic nitrogens is 2. The fourth-order valence-electron chi connectivity index (χ4n) is 1.67. The van der Waals surface area contributed by atoms with Gasteiger partial charge < -0.3 is 0 Å². The van der Waals surface area contributed by atoms with Gasteiger partial charge in [-0.3, -0.25) is 9.97 Å². The Balaban J connectivity index is 2.47. The van der Waals surface area contributed by atoms with Gasteiger partial charge in [0.1, 0.15) is 0 Å². The van der Waals surface area contributed by atoms with Gasteiger partial charge in [0.15, 0.2) is 0 Å². The van der Waals surface area contributed by atoms with Crippen molar-refractivity contribution < 1.29 is 0 Å². The Bertz CT molecular complexity index is 649. The van der Waals surface area contributed by atoms with Gasteiger partial charge in [-0.05, 0) is 24.3 Å². The minimum absolute atomic E-state index is 0.651. The number of hydrogen-bond acceptors (Lipinski definition) is 2. The molecule has 0 saturated heterocycles. The van der Waals surface area contributed by atoms with Gasteiger partial charge >= 0.3 is 0 Å². The molecule has 72 valence electrons. The molecule has 3 aromatic rings. The van der Waals surface area contributed by atoms with Crippen molar-refractivity contribution in [2.24, 2.45) is 0 Å². The van der Waals surface area contributed by atoms with Crippen LogP contribution in [-0.2, 0) is 0 Å². The molecule has 0 aliphatic carbocycles. The normalized spacial score (nSPS) is 11.0. The van der Waals surface area contributed by atoms with Crippen LogP contribution in [0.1, 0.15) is 0 Å². The summed E-state index contributed by atoms with van der Waals surface area (Å²) in [6.07, 6.45) is 3.44. The summed E-state index contributed by atoms with van der Waals surface area (Å²) in [7, 11) is 0. The molecule has 3 rings (SSSR count). The summed E-state index contributed by atoms with van der Waals surface area (Å²) in [6.45, 7) is 0. The molecule has 2 heterocycles. The van der Waals surface area contributed by atoms with Crippen LogP contribution in [0.2, 0.25) is 5.02 Å². The molecule has 0 spiro atoms. The summed E-state index contributed by atoms with van der Waals surface area (Å²) in [5, 5.41) is 2.77. The number of benzene rings is 1. The van der Waals surface area contributed by atoms with Crippen molar-refractivity contribution >= 4 is 33.4 Å². The van der Waals surface area contributed by atoms with Crippen molar-refractivity contribution in [1.82, 2.24) is 9.97 Å². The van der Waals surface area contributed by atoms with Crippen LogP contribution in [0.25, 0.3) is 21.8 Å². The van der Waals surface area contributed by atoms with E-state index in [-0.39, 0.29) is 0 Å². The van der Waals surface area contributed by atoms with E-state index in [0.717, 1.165) is 21.8 Å². The number of pyridine rings is 2. The smallest absolute Gasteiger partial charge is 0.0710 e. The molecule has 3 heteroatoms. The van der Waals surface area contributed by atoms with Crippen molar-refractivity contribution in [1.29, 1.82) is 0 Å². The molecule has 0 radical (unpaired) electrons. The van der Waals surface area contributed by atoms with Crippen LogP contribution in [-0.4, -0.2) is 9.97 Å². The molecule has 0 saturated carbocycles. The van der Waals surface area contributed by atoms with Crippen LogP contribution in [0.4, 0.5) is 0 Å². The van der Waals surface area contributed by atoms with Crippen LogP contribution in [0.3, 0.4) is 0 Å². The highest BCUT2D eigenvalue weighted by Gasteiger charge is 1.99. The summed E-state index contributed by atoms with van der Waals surface area (Å²) >= 11 is 5.89. The van der Waals surface area contributed by atoms with Crippen molar-refractivity contribution in [3.8, 4) is 0 Å². The molecule has 2 nitrogen and oxygen atoms in total. The summed E-state index contributed by atoms with van der Waals surface area (Å²) < 4.78 is 0. The van der Waals surface area contributed by atoms with E-state index in [1.165, 1.54) is 0 Å². The molecule has 0 amide bonds. The van der Waals surface area contributed by atoms with Gasteiger partial charge in [0, 0.05) is 23.2 Å². The maximum atomic E-state index is 5.89. The first-order valence-corrected chi connectivity index (χ1v) is 5.01. The van der Waals surface area contributed by atoms with Crippen LogP contribution in [0, 0.1) is 0 Å². The second-order valence-corrected chi connectivity index (χ2v) is 3.83. The van der Waals surface area contributed by atoms with Gasteiger partial charge in [-0.1, -0.05) is 17.7 Å². The molecule has 0 N–H and O–H groups in total. The van der Waals surface area contributed by atoms with E-state index in [1.807, 2.05) is 30.3 Å². The van der Waals surface area contributed by atoms with E-state index >= 15 is 0 Å². The predicted molar refractivity (Wildman–Crippen MR) is 62.1 cm³/mol. The van der Waals surface area contributed by atoms with E-state index in [9.17, 15) is 0 Å². The zero-order valence-corrected chi connectivity index (χ0v) is 8.57. The van der Waals surface area contributed by atoms with Gasteiger partial charge in [-0.25, -0.2) is 0 Å². The fraction of sp³-hybridized carbons (Fsp3) is 0. The first-order valence-electron chi connectivity index (χ1n) is 4.63. The summed E-state index contributed by atoms with van der Waals surface area (Å²) in [6, 6.07) is 9.87. The third-order valence-electron chi connectivity index (χ3n) is 2.37. The van der Waals surface area contributed by atoms with Crippen molar-refractivity contribution in [2.45, 2.75) is 0 Å². The van der Waals surface area contributed by atoms with E-state index in [0.29, 0.717) is 5.02 Å². The number of nitrogens with zero attached hydrogens (tertiary/aromatic N) is 2. The minimum atomic E-state index is 0.651. The average molecular weight is 215 g/mol. The van der Waals surface area contributed by atoms with Gasteiger partial charge in [-0.15, -0.1) is 0 Å². The standard InChI is InChI=1S/C12H7ClN2/c13-10-4-9-6-11-8(2-1-3-14-11)5-12(9)15-7-10/h1-7H. The number of halogens is 1. The molecular formula is C12H7ClN2. The quantitative estimate of drug-likeness (QED) is 0.536. The summed E-state index contributed by atoms with van der Waals surface area (Å²) in [4.78, 5) is 8.56. The lowest BCUT2D eigenvalue weighted by Gasteiger charge is -2.00. The third-order valence-corrected chi connectivity index (χ3v) is 2.58. The van der Waals surface area contributed by atoms with E-state index in [2.05, 4.69) is 9.97 Å². The Morgan fingerprint density at radius 2 is 1.73 bits per heavy atom. The largest absolute Gasteiger partial charge is 0.256 e. The van der Waals surface area contributed by atoms with E-state index in [4.69, 9.17) is 11.6 Å². The summed E-state index contributed by atoms with van der Waals surface area (Å²) in [5.41, 5.74) is 1.91. The molecule has 0 fully saturated rings. The highest BCUT2D eigenvalue weighted by Crippen LogP contribution is 2.21. The first-order chi connectivity index (χ1) is 7.33. The molecule has 0 bridgehead atoms. The van der Waals surface area contributed by atoms with Crippen LogP contribution >= 0.6 is 11.6 Å². The highest BCUT2D eigenvalue weighted by atomic mass is 35.5. The number of hydrogen-bond donors (Lipinski definition) is 0. The first kappa shape index (κ1) is 8.62. The lowest BCUT2D eigenvalue weighted by molar-refractivity contribution is 1.39. The zero-order chi connectivity index (χ0) is 10.3. The Hall–Kier alpha value is -1.67. The van der Waals surface area contributed by atoms with Crippen molar-refractivity contribution in [3.63, 3.8) is 0 Å². The monoisotopic (exact) mass is 214 g/mol. The molecule has 0 atom stereocenters. The average Bonchev–Trinajstić information content (AvgIpc) is 2.26. The topological polar surface area (TPSA) is 25.8 Å². The number of fused-ring (bicyclic) bond motifs is 2. The van der Waals surface area contributed by atoms with E-state index in [1.54, 1.807) is 12.4 Å². The third kappa shape index (κ3) is 1.43. The maximum absolute atomic E-state index is 5.89.